The van der Waals surface area contributed by atoms with E-state index in [9.17, 15) is 0 Å². The molecule has 1 aromatic heterocycles. The zero-order valence-electron chi connectivity index (χ0n) is 17.1. The number of nitrogens with two attached hydrogens (primary N) is 1. The summed E-state index contributed by atoms with van der Waals surface area (Å²) in [7, 11) is 1.71. The Bertz CT molecular complexity index is 957. The fraction of sp³-hybridized carbons (Fsp3) is 0.364. The van der Waals surface area contributed by atoms with E-state index >= 15 is 0 Å². The highest BCUT2D eigenvalue weighted by Crippen LogP contribution is 2.36. The number of methoxy groups -OCH3 is 1. The van der Waals surface area contributed by atoms with E-state index in [-0.39, 0.29) is 5.54 Å². The van der Waals surface area contributed by atoms with Crippen LogP contribution in [0.1, 0.15) is 31.3 Å². The molecule has 7 nitrogen and oxygen atoms in total. The number of para-hydroxylation sites is 2. The van der Waals surface area contributed by atoms with Crippen LogP contribution >= 0.6 is 0 Å². The van der Waals surface area contributed by atoms with Gasteiger partial charge in [-0.1, -0.05) is 47.6 Å². The molecule has 29 heavy (non-hydrogen) atoms. The standard InChI is InChI=1S/C22H27N5O2/c1-22(2)15-26(13-14-27(22)17-11-7-8-12-18(17)28-3)21-25-24-20(29-21)19(23)16-9-5-4-6-10-16/h4-12,19H,13-15,23H2,1-3H3/t19-/m1/s1. The number of hydrogen-bond acceptors (Lipinski definition) is 7. The molecular weight excluding hydrogens is 366 g/mol. The molecule has 2 heterocycles. The number of nitrogens with zero attached hydrogens (tertiary/aromatic N) is 4. The van der Waals surface area contributed by atoms with Gasteiger partial charge in [-0.3, -0.25) is 0 Å². The average Bonchev–Trinajstić information content (AvgIpc) is 3.23. The van der Waals surface area contributed by atoms with Crippen molar-refractivity contribution in [3.05, 3.63) is 66.1 Å². The number of hydrogen-bond donors (Lipinski definition) is 1. The lowest BCUT2D eigenvalue weighted by atomic mass is 9.97. The van der Waals surface area contributed by atoms with Crippen molar-refractivity contribution in [2.45, 2.75) is 25.4 Å². The van der Waals surface area contributed by atoms with Crippen molar-refractivity contribution in [1.29, 1.82) is 0 Å². The third-order valence-electron chi connectivity index (χ3n) is 5.40. The van der Waals surface area contributed by atoms with Gasteiger partial charge in [0.15, 0.2) is 0 Å². The summed E-state index contributed by atoms with van der Waals surface area (Å²) in [6.45, 7) is 6.74. The Morgan fingerprint density at radius 3 is 2.48 bits per heavy atom. The monoisotopic (exact) mass is 393 g/mol. The van der Waals surface area contributed by atoms with Crippen LogP contribution in [-0.2, 0) is 0 Å². The van der Waals surface area contributed by atoms with E-state index in [0.717, 1.165) is 36.6 Å². The minimum Gasteiger partial charge on any atom is -0.495 e. The first kappa shape index (κ1) is 19.3. The molecule has 1 aliphatic rings. The summed E-state index contributed by atoms with van der Waals surface area (Å²) in [6, 6.07) is 18.0. The molecule has 152 valence electrons. The molecule has 0 aliphatic carbocycles. The number of piperazine rings is 1. The van der Waals surface area contributed by atoms with E-state index in [1.807, 2.05) is 48.5 Å². The van der Waals surface area contributed by atoms with Gasteiger partial charge in [-0.2, -0.15) is 0 Å². The summed E-state index contributed by atoms with van der Waals surface area (Å²) in [5.41, 5.74) is 8.20. The maximum Gasteiger partial charge on any atom is 0.318 e. The molecule has 0 unspecified atom stereocenters. The molecule has 0 saturated carbocycles. The van der Waals surface area contributed by atoms with Crippen LogP contribution in [0.15, 0.2) is 59.0 Å². The highest BCUT2D eigenvalue weighted by Gasteiger charge is 2.37. The fourth-order valence-electron chi connectivity index (χ4n) is 3.90. The van der Waals surface area contributed by atoms with Gasteiger partial charge in [0, 0.05) is 19.6 Å². The van der Waals surface area contributed by atoms with Gasteiger partial charge in [-0.05, 0) is 31.5 Å². The Hall–Kier alpha value is -3.06. The molecule has 0 spiro atoms. The van der Waals surface area contributed by atoms with E-state index in [0.29, 0.717) is 11.9 Å². The Morgan fingerprint density at radius 1 is 1.03 bits per heavy atom. The molecule has 1 saturated heterocycles. The minimum absolute atomic E-state index is 0.150. The number of ether oxygens (including phenoxy) is 1. The van der Waals surface area contributed by atoms with Gasteiger partial charge in [-0.25, -0.2) is 0 Å². The van der Waals surface area contributed by atoms with Crippen LogP contribution < -0.4 is 20.3 Å². The fourth-order valence-corrected chi connectivity index (χ4v) is 3.90. The van der Waals surface area contributed by atoms with Crippen molar-refractivity contribution >= 4 is 11.7 Å². The van der Waals surface area contributed by atoms with Crippen molar-refractivity contribution in [3.8, 4) is 5.75 Å². The average molecular weight is 393 g/mol. The maximum atomic E-state index is 6.31. The predicted molar refractivity (Wildman–Crippen MR) is 113 cm³/mol. The molecule has 3 aromatic rings. The molecular formula is C22H27N5O2. The summed E-state index contributed by atoms with van der Waals surface area (Å²) in [6.07, 6.45) is 0. The van der Waals surface area contributed by atoms with Gasteiger partial charge in [0.1, 0.15) is 11.8 Å². The lowest BCUT2D eigenvalue weighted by Gasteiger charge is -2.48. The second-order valence-electron chi connectivity index (χ2n) is 7.87. The quantitative estimate of drug-likeness (QED) is 0.713. The highest BCUT2D eigenvalue weighted by molar-refractivity contribution is 5.61. The van der Waals surface area contributed by atoms with Crippen LogP contribution in [0.25, 0.3) is 0 Å². The lowest BCUT2D eigenvalue weighted by molar-refractivity contribution is 0.373. The molecule has 1 fully saturated rings. The smallest absolute Gasteiger partial charge is 0.318 e. The predicted octanol–water partition coefficient (Wildman–Crippen LogP) is 3.23. The molecule has 2 N–H and O–H groups in total. The summed E-state index contributed by atoms with van der Waals surface area (Å²) in [4.78, 5) is 4.50. The Morgan fingerprint density at radius 2 is 1.76 bits per heavy atom. The number of anilines is 2. The Balaban J connectivity index is 1.52. The van der Waals surface area contributed by atoms with Crippen LogP contribution in [0.5, 0.6) is 5.75 Å². The molecule has 7 heteroatoms. The van der Waals surface area contributed by atoms with Gasteiger partial charge in [0.05, 0.1) is 18.3 Å². The zero-order chi connectivity index (χ0) is 20.4. The van der Waals surface area contributed by atoms with Crippen LogP contribution in [-0.4, -0.2) is 42.5 Å². The van der Waals surface area contributed by atoms with Gasteiger partial charge in [0.2, 0.25) is 5.89 Å². The summed E-state index contributed by atoms with van der Waals surface area (Å²) in [5, 5.41) is 8.47. The topological polar surface area (TPSA) is 80.7 Å². The van der Waals surface area contributed by atoms with Crippen molar-refractivity contribution in [2.75, 3.05) is 36.5 Å². The first-order valence-corrected chi connectivity index (χ1v) is 9.79. The van der Waals surface area contributed by atoms with E-state index in [4.69, 9.17) is 14.9 Å². The number of benzene rings is 2. The highest BCUT2D eigenvalue weighted by atomic mass is 16.5. The normalized spacial score (nSPS) is 17.2. The van der Waals surface area contributed by atoms with Gasteiger partial charge in [-0.15, -0.1) is 5.10 Å². The number of aromatic nitrogens is 2. The van der Waals surface area contributed by atoms with Gasteiger partial charge < -0.3 is 24.7 Å². The number of rotatable bonds is 5. The van der Waals surface area contributed by atoms with Crippen LogP contribution in [0.3, 0.4) is 0 Å². The first-order valence-electron chi connectivity index (χ1n) is 9.79. The summed E-state index contributed by atoms with van der Waals surface area (Å²) >= 11 is 0. The second-order valence-corrected chi connectivity index (χ2v) is 7.87. The van der Waals surface area contributed by atoms with E-state index in [1.54, 1.807) is 7.11 Å². The minimum atomic E-state index is -0.430. The van der Waals surface area contributed by atoms with Crippen LogP contribution in [0.4, 0.5) is 11.7 Å². The lowest BCUT2D eigenvalue weighted by Crippen LogP contribution is -2.60. The third-order valence-corrected chi connectivity index (χ3v) is 5.40. The molecule has 0 radical (unpaired) electrons. The molecule has 1 aliphatic heterocycles. The molecule has 4 rings (SSSR count). The second kappa shape index (κ2) is 7.75. The van der Waals surface area contributed by atoms with E-state index in [2.05, 4.69) is 39.9 Å². The summed E-state index contributed by atoms with van der Waals surface area (Å²) in [5.74, 6) is 1.30. The van der Waals surface area contributed by atoms with Crippen LogP contribution in [0.2, 0.25) is 0 Å². The Labute approximate surface area is 171 Å². The van der Waals surface area contributed by atoms with Crippen molar-refractivity contribution in [3.63, 3.8) is 0 Å². The van der Waals surface area contributed by atoms with Crippen molar-refractivity contribution < 1.29 is 9.15 Å². The maximum absolute atomic E-state index is 6.31. The molecule has 0 bridgehead atoms. The Kier molecular flexibility index (Phi) is 5.15. The van der Waals surface area contributed by atoms with Gasteiger partial charge >= 0.3 is 6.01 Å². The van der Waals surface area contributed by atoms with E-state index < -0.39 is 6.04 Å². The van der Waals surface area contributed by atoms with Gasteiger partial charge in [0.25, 0.3) is 0 Å². The van der Waals surface area contributed by atoms with Crippen LogP contribution in [0, 0.1) is 0 Å². The zero-order valence-corrected chi connectivity index (χ0v) is 17.1. The third kappa shape index (κ3) is 3.78. The molecule has 0 amide bonds. The van der Waals surface area contributed by atoms with E-state index in [1.165, 1.54) is 0 Å². The molecule has 1 atom stereocenters. The largest absolute Gasteiger partial charge is 0.495 e. The molecule has 2 aromatic carbocycles. The summed E-state index contributed by atoms with van der Waals surface area (Å²) < 4.78 is 11.5. The first-order chi connectivity index (χ1) is 14.0. The SMILES string of the molecule is COc1ccccc1N1CCN(c2nnc([C@H](N)c3ccccc3)o2)CC1(C)C. The van der Waals surface area contributed by atoms with Crippen molar-refractivity contribution in [1.82, 2.24) is 10.2 Å². The van der Waals surface area contributed by atoms with Crippen molar-refractivity contribution in [2.24, 2.45) is 5.73 Å².